The number of nitrogens with zero attached hydrogens (tertiary/aromatic N) is 2. The molecule has 2 heterocycles. The van der Waals surface area contributed by atoms with Gasteiger partial charge in [0.05, 0.1) is 0 Å². The van der Waals surface area contributed by atoms with Crippen molar-refractivity contribution in [2.75, 3.05) is 9.80 Å². The summed E-state index contributed by atoms with van der Waals surface area (Å²) in [6, 6.07) is 68.8. The molecule has 0 saturated carbocycles. The van der Waals surface area contributed by atoms with Crippen molar-refractivity contribution in [2.45, 2.75) is 105 Å². The summed E-state index contributed by atoms with van der Waals surface area (Å²) in [4.78, 5) is 5.33. The minimum atomic E-state index is -0.0802. The monoisotopic (exact) mass is 945 g/mol. The van der Waals surface area contributed by atoms with E-state index in [0.717, 1.165) is 0 Å². The number of anilines is 6. The van der Waals surface area contributed by atoms with Crippen molar-refractivity contribution in [1.29, 1.82) is 0 Å². The van der Waals surface area contributed by atoms with Gasteiger partial charge >= 0.3 is 0 Å². The first kappa shape index (κ1) is 45.5. The van der Waals surface area contributed by atoms with Gasteiger partial charge < -0.3 is 9.80 Å². The summed E-state index contributed by atoms with van der Waals surface area (Å²) in [5.41, 5.74) is 18.8. The highest BCUT2D eigenvalue weighted by molar-refractivity contribution is 7.00. The van der Waals surface area contributed by atoms with Gasteiger partial charge in [-0.2, -0.15) is 0 Å². The number of rotatable bonds is 3. The van der Waals surface area contributed by atoms with Crippen LogP contribution in [0.3, 0.4) is 0 Å². The molecular formula is C70H65BN2. The topological polar surface area (TPSA) is 6.48 Å². The Bertz CT molecular complexity index is 3820. The third-order valence-electron chi connectivity index (χ3n) is 16.5. The van der Waals surface area contributed by atoms with Gasteiger partial charge in [0.2, 0.25) is 0 Å². The van der Waals surface area contributed by atoms with Crippen LogP contribution in [0.25, 0.3) is 65.0 Å². The zero-order valence-electron chi connectivity index (χ0n) is 44.7. The van der Waals surface area contributed by atoms with Crippen LogP contribution in [-0.2, 0) is 21.7 Å². The molecule has 0 fully saturated rings. The smallest absolute Gasteiger partial charge is 0.252 e. The van der Waals surface area contributed by atoms with E-state index < -0.39 is 0 Å². The summed E-state index contributed by atoms with van der Waals surface area (Å²) in [5.74, 6) is 0. The summed E-state index contributed by atoms with van der Waals surface area (Å²) in [6.07, 6.45) is 0. The molecule has 0 saturated heterocycles. The molecule has 2 aliphatic rings. The first-order valence-electron chi connectivity index (χ1n) is 26.5. The van der Waals surface area contributed by atoms with E-state index in [4.69, 9.17) is 0 Å². The van der Waals surface area contributed by atoms with Gasteiger partial charge in [-0.25, -0.2) is 0 Å². The molecule has 0 bridgehead atoms. The SMILES string of the molecule is CC(C)(C)c1cc(N2c3cc4ccccc4cc3B3c4cc5ccccc5cc4N(c4cc(C(C)(C)C)cc(C(C)(C)C)c4)c4cc(-c5ccc6ccc7cccc8ccc5c6c78)cc2c43)cc(C(C)(C)C)c1. The minimum absolute atomic E-state index is 0.0483. The molecule has 11 aromatic rings. The lowest BCUT2D eigenvalue weighted by Gasteiger charge is -2.45. The van der Waals surface area contributed by atoms with Gasteiger partial charge in [-0.3, -0.25) is 0 Å². The van der Waals surface area contributed by atoms with E-state index >= 15 is 0 Å². The highest BCUT2D eigenvalue weighted by atomic mass is 15.2. The van der Waals surface area contributed by atoms with Gasteiger partial charge in [0.15, 0.2) is 0 Å². The lowest BCUT2D eigenvalue weighted by molar-refractivity contribution is 0.568. The molecule has 0 atom stereocenters. The van der Waals surface area contributed by atoms with E-state index in [1.165, 1.54) is 138 Å². The van der Waals surface area contributed by atoms with Gasteiger partial charge in [-0.05, 0) is 174 Å². The molecule has 3 heteroatoms. The Morgan fingerprint density at radius 1 is 0.315 bits per heavy atom. The van der Waals surface area contributed by atoms with Crippen LogP contribution in [0.15, 0.2) is 176 Å². The Balaban J connectivity index is 1.22. The molecule has 2 nitrogen and oxygen atoms in total. The maximum atomic E-state index is 2.66. The molecule has 2 aliphatic heterocycles. The molecule has 358 valence electrons. The summed E-state index contributed by atoms with van der Waals surface area (Å²) in [5, 5.41) is 12.8. The fourth-order valence-corrected chi connectivity index (χ4v) is 12.3. The molecule has 11 aromatic carbocycles. The first-order chi connectivity index (χ1) is 34.7. The Hall–Kier alpha value is -7.36. The number of hydrogen-bond donors (Lipinski definition) is 0. The second-order valence-electron chi connectivity index (χ2n) is 25.6. The van der Waals surface area contributed by atoms with Gasteiger partial charge in [0.1, 0.15) is 0 Å². The van der Waals surface area contributed by atoms with Gasteiger partial charge in [-0.1, -0.05) is 210 Å². The first-order valence-corrected chi connectivity index (χ1v) is 26.5. The highest BCUT2D eigenvalue weighted by Crippen LogP contribution is 2.50. The normalized spacial score (nSPS) is 13.9. The molecule has 0 aromatic heterocycles. The Kier molecular flexibility index (Phi) is 9.71. The lowest BCUT2D eigenvalue weighted by atomic mass is 9.33. The zero-order chi connectivity index (χ0) is 50.7. The highest BCUT2D eigenvalue weighted by Gasteiger charge is 2.45. The Morgan fingerprint density at radius 3 is 1.11 bits per heavy atom. The van der Waals surface area contributed by atoms with E-state index in [9.17, 15) is 0 Å². The third kappa shape index (κ3) is 7.20. The second kappa shape index (κ2) is 15.6. The number of fused-ring (bicyclic) bond motifs is 6. The molecule has 13 rings (SSSR count). The van der Waals surface area contributed by atoms with Gasteiger partial charge in [0.25, 0.3) is 6.71 Å². The van der Waals surface area contributed by atoms with Crippen LogP contribution in [0.4, 0.5) is 34.1 Å². The van der Waals surface area contributed by atoms with Crippen molar-refractivity contribution >= 4 is 111 Å². The molecule has 0 amide bonds. The van der Waals surface area contributed by atoms with Gasteiger partial charge in [-0.15, -0.1) is 0 Å². The molecule has 0 spiro atoms. The molecule has 0 radical (unpaired) electrons. The summed E-state index contributed by atoms with van der Waals surface area (Å²) < 4.78 is 0. The summed E-state index contributed by atoms with van der Waals surface area (Å²) in [6.45, 7) is 28.3. The van der Waals surface area contributed by atoms with Crippen molar-refractivity contribution in [2.24, 2.45) is 0 Å². The molecule has 0 aliphatic carbocycles. The van der Waals surface area contributed by atoms with Gasteiger partial charge in [0, 0.05) is 34.1 Å². The number of hydrogen-bond acceptors (Lipinski definition) is 2. The van der Waals surface area contributed by atoms with Crippen molar-refractivity contribution in [3.63, 3.8) is 0 Å². The third-order valence-corrected chi connectivity index (χ3v) is 16.5. The van der Waals surface area contributed by atoms with Crippen molar-refractivity contribution in [1.82, 2.24) is 0 Å². The van der Waals surface area contributed by atoms with Crippen LogP contribution in [0, 0.1) is 0 Å². The predicted molar refractivity (Wildman–Crippen MR) is 319 cm³/mol. The van der Waals surface area contributed by atoms with E-state index in [1.807, 2.05) is 0 Å². The van der Waals surface area contributed by atoms with Crippen LogP contribution in [-0.4, -0.2) is 6.71 Å². The van der Waals surface area contributed by atoms with Crippen molar-refractivity contribution in [3.05, 3.63) is 198 Å². The quantitative estimate of drug-likeness (QED) is 0.129. The fraction of sp³-hybridized carbons (Fsp3) is 0.229. The molecule has 73 heavy (non-hydrogen) atoms. The minimum Gasteiger partial charge on any atom is -0.311 e. The zero-order valence-corrected chi connectivity index (χ0v) is 44.7. The largest absolute Gasteiger partial charge is 0.311 e. The second-order valence-corrected chi connectivity index (χ2v) is 25.6. The standard InChI is InChI=1S/C70H65BN2/c1-67(2,3)50-36-51(68(4,5)6)39-54(38-50)72-60-32-47-20-15-13-18-45(47)30-58(60)71-59-31-46-19-14-16-21-48(46)33-61(59)73(55-40-52(69(7,8)9)37-53(41-55)70(10,11)12)63-35-49(34-62(72)66(63)71)56-28-26-44-25-24-42-22-17-23-43-27-29-57(56)65(44)64(42)43/h13-41H,1-12H3. The fourth-order valence-electron chi connectivity index (χ4n) is 12.3. The van der Waals surface area contributed by atoms with E-state index in [0.29, 0.717) is 0 Å². The van der Waals surface area contributed by atoms with E-state index in [1.54, 1.807) is 0 Å². The van der Waals surface area contributed by atoms with Crippen LogP contribution < -0.4 is 26.2 Å². The Morgan fingerprint density at radius 2 is 0.685 bits per heavy atom. The van der Waals surface area contributed by atoms with Crippen molar-refractivity contribution < 1.29 is 0 Å². The summed E-state index contributed by atoms with van der Waals surface area (Å²) in [7, 11) is 0. The van der Waals surface area contributed by atoms with Crippen LogP contribution in [0.2, 0.25) is 0 Å². The van der Waals surface area contributed by atoms with Crippen LogP contribution in [0.5, 0.6) is 0 Å². The maximum absolute atomic E-state index is 2.66. The number of benzene rings is 11. The van der Waals surface area contributed by atoms with Crippen LogP contribution in [0.1, 0.15) is 105 Å². The molecule has 0 unspecified atom stereocenters. The average Bonchev–Trinajstić information content (AvgIpc) is 3.35. The summed E-state index contributed by atoms with van der Waals surface area (Å²) >= 11 is 0. The van der Waals surface area contributed by atoms with Crippen molar-refractivity contribution in [3.8, 4) is 11.1 Å². The average molecular weight is 945 g/mol. The predicted octanol–water partition coefficient (Wildman–Crippen LogP) is 17.8. The van der Waals surface area contributed by atoms with E-state index in [-0.39, 0.29) is 28.4 Å². The lowest BCUT2D eigenvalue weighted by Crippen LogP contribution is -2.61. The van der Waals surface area contributed by atoms with E-state index in [2.05, 4.69) is 269 Å². The molecular weight excluding hydrogens is 880 g/mol. The van der Waals surface area contributed by atoms with Crippen LogP contribution >= 0.6 is 0 Å². The Labute approximate surface area is 432 Å². The maximum Gasteiger partial charge on any atom is 0.252 e. The molecule has 0 N–H and O–H groups in total.